The van der Waals surface area contributed by atoms with E-state index in [0.717, 1.165) is 51.7 Å². The lowest BCUT2D eigenvalue weighted by Crippen LogP contribution is -2.54. The molecular formula is C18H32N2O2. The lowest BCUT2D eigenvalue weighted by atomic mass is 9.87. The predicted molar refractivity (Wildman–Crippen MR) is 88.5 cm³/mol. The van der Waals surface area contributed by atoms with E-state index in [4.69, 9.17) is 0 Å². The third kappa shape index (κ3) is 3.64. The number of carbonyl (C=O) groups excluding carboxylic acids is 2. The molecule has 1 unspecified atom stereocenters. The van der Waals surface area contributed by atoms with Crippen molar-refractivity contribution in [2.45, 2.75) is 78.2 Å². The lowest BCUT2D eigenvalue weighted by molar-refractivity contribution is -0.156. The second-order valence-corrected chi connectivity index (χ2v) is 7.39. The molecule has 0 spiro atoms. The highest BCUT2D eigenvalue weighted by Gasteiger charge is 2.43. The summed E-state index contributed by atoms with van der Waals surface area (Å²) in [5.41, 5.74) is -0.922. The van der Waals surface area contributed by atoms with Gasteiger partial charge in [0, 0.05) is 25.7 Å². The van der Waals surface area contributed by atoms with Gasteiger partial charge in [0.1, 0.15) is 5.41 Å². The second-order valence-electron chi connectivity index (χ2n) is 7.39. The molecule has 2 aliphatic heterocycles. The number of rotatable bonds is 3. The first kappa shape index (κ1) is 17.3. The molecule has 2 rings (SSSR count). The van der Waals surface area contributed by atoms with Crippen molar-refractivity contribution in [2.75, 3.05) is 19.6 Å². The minimum Gasteiger partial charge on any atom is -0.342 e. The number of hydrogen-bond donors (Lipinski definition) is 0. The highest BCUT2D eigenvalue weighted by molar-refractivity contribution is 6.04. The molecule has 2 saturated heterocycles. The molecule has 2 aliphatic rings. The van der Waals surface area contributed by atoms with Crippen LogP contribution in [0.25, 0.3) is 0 Å². The molecule has 2 heterocycles. The minimum absolute atomic E-state index is 0.0276. The number of hydrogen-bond acceptors (Lipinski definition) is 2. The Hall–Kier alpha value is -1.06. The Bertz CT molecular complexity index is 398. The molecule has 0 radical (unpaired) electrons. The molecule has 22 heavy (non-hydrogen) atoms. The average Bonchev–Trinajstić information content (AvgIpc) is 2.82. The van der Waals surface area contributed by atoms with Gasteiger partial charge in [0.2, 0.25) is 11.8 Å². The van der Waals surface area contributed by atoms with Gasteiger partial charge in [0.05, 0.1) is 0 Å². The molecule has 0 aromatic rings. The first-order valence-electron chi connectivity index (χ1n) is 9.09. The van der Waals surface area contributed by atoms with E-state index in [0.29, 0.717) is 6.04 Å². The number of amides is 2. The Morgan fingerprint density at radius 3 is 2.09 bits per heavy atom. The Kier molecular flexibility index (Phi) is 5.87. The Balaban J connectivity index is 2.09. The molecule has 2 amide bonds. The Morgan fingerprint density at radius 1 is 0.909 bits per heavy atom. The lowest BCUT2D eigenvalue weighted by Gasteiger charge is -2.40. The van der Waals surface area contributed by atoms with Gasteiger partial charge in [-0.15, -0.1) is 0 Å². The van der Waals surface area contributed by atoms with E-state index in [1.807, 2.05) is 23.6 Å². The fraction of sp³-hybridized carbons (Fsp3) is 0.889. The standard InChI is InChI=1S/C18H32N2O2/c1-4-15-11-7-10-14-20(15)17(22)18(2,3)16(21)19-12-8-5-6-9-13-19/h15H,4-14H2,1-3H3. The van der Waals surface area contributed by atoms with Gasteiger partial charge in [-0.2, -0.15) is 0 Å². The van der Waals surface area contributed by atoms with Crippen molar-refractivity contribution < 1.29 is 9.59 Å². The maximum absolute atomic E-state index is 13.0. The predicted octanol–water partition coefficient (Wildman–Crippen LogP) is 3.21. The quantitative estimate of drug-likeness (QED) is 0.751. The SMILES string of the molecule is CCC1CCCCN1C(=O)C(C)(C)C(=O)N1CCCCCC1. The van der Waals surface area contributed by atoms with Crippen LogP contribution >= 0.6 is 0 Å². The summed E-state index contributed by atoms with van der Waals surface area (Å²) in [4.78, 5) is 29.9. The molecule has 0 saturated carbocycles. The van der Waals surface area contributed by atoms with Crippen LogP contribution in [-0.4, -0.2) is 47.3 Å². The maximum atomic E-state index is 13.0. The van der Waals surface area contributed by atoms with E-state index in [-0.39, 0.29) is 11.8 Å². The summed E-state index contributed by atoms with van der Waals surface area (Å²) in [6.07, 6.45) is 8.86. The molecule has 0 aromatic carbocycles. The van der Waals surface area contributed by atoms with Crippen LogP contribution in [0, 0.1) is 5.41 Å². The summed E-state index contributed by atoms with van der Waals surface area (Å²) in [5.74, 6) is 0.0631. The highest BCUT2D eigenvalue weighted by Crippen LogP contribution is 2.29. The fourth-order valence-electron chi connectivity index (χ4n) is 3.81. The summed E-state index contributed by atoms with van der Waals surface area (Å²) in [6.45, 7) is 8.22. The molecule has 4 heteroatoms. The van der Waals surface area contributed by atoms with Crippen molar-refractivity contribution in [3.63, 3.8) is 0 Å². The van der Waals surface area contributed by atoms with Crippen LogP contribution in [0.3, 0.4) is 0 Å². The molecule has 4 nitrogen and oxygen atoms in total. The first-order chi connectivity index (χ1) is 10.5. The smallest absolute Gasteiger partial charge is 0.237 e. The normalized spacial score (nSPS) is 24.0. The van der Waals surface area contributed by atoms with Crippen LogP contribution in [0.2, 0.25) is 0 Å². The molecule has 0 aliphatic carbocycles. The zero-order valence-electron chi connectivity index (χ0n) is 14.6. The summed E-state index contributed by atoms with van der Waals surface area (Å²) >= 11 is 0. The van der Waals surface area contributed by atoms with Gasteiger partial charge in [-0.3, -0.25) is 9.59 Å². The summed E-state index contributed by atoms with van der Waals surface area (Å²) in [7, 11) is 0. The molecule has 2 fully saturated rings. The third-order valence-corrected chi connectivity index (χ3v) is 5.32. The van der Waals surface area contributed by atoms with E-state index in [9.17, 15) is 9.59 Å². The molecule has 0 N–H and O–H groups in total. The molecule has 126 valence electrons. The van der Waals surface area contributed by atoms with Crippen LogP contribution in [0.15, 0.2) is 0 Å². The van der Waals surface area contributed by atoms with Gasteiger partial charge in [0.25, 0.3) is 0 Å². The number of carbonyl (C=O) groups is 2. The second kappa shape index (κ2) is 7.47. The van der Waals surface area contributed by atoms with Crippen molar-refractivity contribution in [3.05, 3.63) is 0 Å². The molecule has 0 aromatic heterocycles. The van der Waals surface area contributed by atoms with Crippen LogP contribution in [0.4, 0.5) is 0 Å². The third-order valence-electron chi connectivity index (χ3n) is 5.32. The van der Waals surface area contributed by atoms with Gasteiger partial charge in [0.15, 0.2) is 0 Å². The first-order valence-corrected chi connectivity index (χ1v) is 9.09. The molecule has 0 bridgehead atoms. The maximum Gasteiger partial charge on any atom is 0.237 e. The average molecular weight is 308 g/mol. The van der Waals surface area contributed by atoms with E-state index in [1.54, 1.807) is 0 Å². The number of nitrogens with zero attached hydrogens (tertiary/aromatic N) is 2. The van der Waals surface area contributed by atoms with Crippen molar-refractivity contribution in [2.24, 2.45) is 5.41 Å². The van der Waals surface area contributed by atoms with E-state index in [2.05, 4.69) is 6.92 Å². The van der Waals surface area contributed by atoms with Crippen LogP contribution < -0.4 is 0 Å². The van der Waals surface area contributed by atoms with Crippen molar-refractivity contribution in [3.8, 4) is 0 Å². The Morgan fingerprint density at radius 2 is 1.50 bits per heavy atom. The van der Waals surface area contributed by atoms with Crippen LogP contribution in [0.5, 0.6) is 0 Å². The van der Waals surface area contributed by atoms with Gasteiger partial charge >= 0.3 is 0 Å². The number of piperidine rings is 1. The number of likely N-dealkylation sites (tertiary alicyclic amines) is 2. The molecular weight excluding hydrogens is 276 g/mol. The topological polar surface area (TPSA) is 40.6 Å². The van der Waals surface area contributed by atoms with Gasteiger partial charge in [-0.05, 0) is 52.4 Å². The van der Waals surface area contributed by atoms with Gasteiger partial charge in [-0.25, -0.2) is 0 Å². The largest absolute Gasteiger partial charge is 0.342 e. The highest BCUT2D eigenvalue weighted by atomic mass is 16.2. The zero-order valence-corrected chi connectivity index (χ0v) is 14.6. The molecule has 1 atom stereocenters. The monoisotopic (exact) mass is 308 g/mol. The van der Waals surface area contributed by atoms with E-state index >= 15 is 0 Å². The minimum atomic E-state index is -0.922. The Labute approximate surface area is 135 Å². The summed E-state index contributed by atoms with van der Waals surface area (Å²) < 4.78 is 0. The fourth-order valence-corrected chi connectivity index (χ4v) is 3.81. The van der Waals surface area contributed by atoms with Gasteiger partial charge < -0.3 is 9.80 Å². The van der Waals surface area contributed by atoms with Gasteiger partial charge in [-0.1, -0.05) is 19.8 Å². The zero-order chi connectivity index (χ0) is 16.2. The summed E-state index contributed by atoms with van der Waals surface area (Å²) in [6, 6.07) is 0.317. The van der Waals surface area contributed by atoms with Crippen molar-refractivity contribution >= 4 is 11.8 Å². The van der Waals surface area contributed by atoms with Crippen LogP contribution in [0.1, 0.15) is 72.1 Å². The summed E-state index contributed by atoms with van der Waals surface area (Å²) in [5, 5.41) is 0. The van der Waals surface area contributed by atoms with E-state index in [1.165, 1.54) is 19.3 Å². The van der Waals surface area contributed by atoms with E-state index < -0.39 is 5.41 Å². The van der Waals surface area contributed by atoms with Crippen LogP contribution in [-0.2, 0) is 9.59 Å². The van der Waals surface area contributed by atoms with Crippen molar-refractivity contribution in [1.82, 2.24) is 9.80 Å². The van der Waals surface area contributed by atoms with Crippen molar-refractivity contribution in [1.29, 1.82) is 0 Å².